The number of rotatable bonds is 12. The second-order valence-corrected chi connectivity index (χ2v) is 9.58. The Labute approximate surface area is 170 Å². The third-order valence-electron chi connectivity index (χ3n) is 4.47. The molecule has 0 bridgehead atoms. The monoisotopic (exact) mass is 464 g/mol. The van der Waals surface area contributed by atoms with Gasteiger partial charge in [-0.2, -0.15) is 0 Å². The van der Waals surface area contributed by atoms with Crippen molar-refractivity contribution in [3.05, 3.63) is 28.5 Å². The van der Waals surface area contributed by atoms with E-state index in [1.807, 2.05) is 0 Å². The highest BCUT2D eigenvalue weighted by Gasteiger charge is 2.21. The van der Waals surface area contributed by atoms with Crippen molar-refractivity contribution < 1.29 is 17.6 Å². The molecule has 0 aliphatic heterocycles. The highest BCUT2D eigenvalue weighted by Crippen LogP contribution is 2.25. The molecule has 1 rings (SSSR count). The summed E-state index contributed by atoms with van der Waals surface area (Å²) in [6.07, 6.45) is 5.96. The number of unbranched alkanes of at least 4 members (excludes halogenated alkanes) is 1. The van der Waals surface area contributed by atoms with Crippen LogP contribution >= 0.6 is 15.9 Å². The van der Waals surface area contributed by atoms with Gasteiger partial charge in [-0.25, -0.2) is 12.8 Å². The van der Waals surface area contributed by atoms with Crippen LogP contribution in [0.5, 0.6) is 0 Å². The van der Waals surface area contributed by atoms with Crippen molar-refractivity contribution >= 4 is 37.5 Å². The fourth-order valence-corrected chi connectivity index (χ4v) is 4.12. The van der Waals surface area contributed by atoms with Crippen LogP contribution in [0.15, 0.2) is 22.7 Å². The van der Waals surface area contributed by atoms with Gasteiger partial charge in [-0.15, -0.1) is 0 Å². The average molecular weight is 465 g/mol. The van der Waals surface area contributed by atoms with E-state index in [0.29, 0.717) is 23.4 Å². The number of nitrogens with zero attached hydrogens (tertiary/aromatic N) is 1. The quantitative estimate of drug-likeness (QED) is 0.496. The van der Waals surface area contributed by atoms with Gasteiger partial charge in [0.15, 0.2) is 0 Å². The zero-order valence-electron chi connectivity index (χ0n) is 16.3. The number of sulfonamides is 1. The van der Waals surface area contributed by atoms with Crippen molar-refractivity contribution in [1.82, 2.24) is 5.32 Å². The lowest BCUT2D eigenvalue weighted by atomic mass is 9.99. The number of hydrogen-bond acceptors (Lipinski definition) is 3. The highest BCUT2D eigenvalue weighted by molar-refractivity contribution is 9.10. The van der Waals surface area contributed by atoms with Crippen LogP contribution < -0.4 is 9.62 Å². The summed E-state index contributed by atoms with van der Waals surface area (Å²) in [5.74, 6) is -0.256. The Kier molecular flexibility index (Phi) is 10.3. The molecule has 1 aromatic rings. The largest absolute Gasteiger partial charge is 0.356 e. The van der Waals surface area contributed by atoms with Crippen LogP contribution in [-0.4, -0.2) is 33.7 Å². The minimum absolute atomic E-state index is 0.00767. The lowest BCUT2D eigenvalue weighted by Crippen LogP contribution is -2.33. The number of carbonyl (C=O) groups excluding carboxylic acids is 1. The molecule has 0 aliphatic carbocycles. The summed E-state index contributed by atoms with van der Waals surface area (Å²) in [5.41, 5.74) is -0.00767. The van der Waals surface area contributed by atoms with Crippen LogP contribution in [0.2, 0.25) is 0 Å². The van der Waals surface area contributed by atoms with Gasteiger partial charge in [-0.05, 0) is 37.0 Å². The maximum atomic E-state index is 14.2. The van der Waals surface area contributed by atoms with Crippen LogP contribution in [0.3, 0.4) is 0 Å². The maximum absolute atomic E-state index is 14.2. The Balaban J connectivity index is 2.58. The van der Waals surface area contributed by atoms with Gasteiger partial charge in [-0.3, -0.25) is 9.10 Å². The van der Waals surface area contributed by atoms with Gasteiger partial charge in [-0.1, -0.05) is 49.0 Å². The molecule has 1 unspecified atom stereocenters. The molecular formula is C19H30BrFN2O3S. The van der Waals surface area contributed by atoms with Gasteiger partial charge in [0.2, 0.25) is 15.9 Å². The van der Waals surface area contributed by atoms with Crippen LogP contribution in [0.25, 0.3) is 0 Å². The normalized spacial score (nSPS) is 12.6. The first-order valence-corrected chi connectivity index (χ1v) is 12.0. The van der Waals surface area contributed by atoms with Crippen molar-refractivity contribution in [1.29, 1.82) is 0 Å². The Hall–Kier alpha value is -1.15. The second-order valence-electron chi connectivity index (χ2n) is 6.75. The molecule has 0 fully saturated rings. The Bertz CT molecular complexity index is 713. The molecule has 1 aromatic carbocycles. The van der Waals surface area contributed by atoms with Crippen LogP contribution in [-0.2, 0) is 14.8 Å². The molecule has 0 aromatic heterocycles. The van der Waals surface area contributed by atoms with E-state index < -0.39 is 15.8 Å². The van der Waals surface area contributed by atoms with Gasteiger partial charge in [0.05, 0.1) is 11.9 Å². The Morgan fingerprint density at radius 3 is 2.56 bits per heavy atom. The molecule has 27 heavy (non-hydrogen) atoms. The number of nitrogens with one attached hydrogen (secondary N) is 1. The molecule has 8 heteroatoms. The summed E-state index contributed by atoms with van der Waals surface area (Å²) < 4.78 is 39.8. The van der Waals surface area contributed by atoms with E-state index in [4.69, 9.17) is 0 Å². The molecule has 0 saturated heterocycles. The predicted molar refractivity (Wildman–Crippen MR) is 112 cm³/mol. The zero-order chi connectivity index (χ0) is 20.4. The minimum atomic E-state index is -3.64. The average Bonchev–Trinajstić information content (AvgIpc) is 2.59. The van der Waals surface area contributed by atoms with Gasteiger partial charge in [0.1, 0.15) is 5.82 Å². The fraction of sp³-hybridized carbons (Fsp3) is 0.632. The van der Waals surface area contributed by atoms with E-state index in [1.165, 1.54) is 12.1 Å². The van der Waals surface area contributed by atoms with Crippen LogP contribution in [0.1, 0.15) is 52.4 Å². The van der Waals surface area contributed by atoms with E-state index in [1.54, 1.807) is 6.07 Å². The maximum Gasteiger partial charge on any atom is 0.232 e. The summed E-state index contributed by atoms with van der Waals surface area (Å²) >= 11 is 3.16. The number of anilines is 1. The molecule has 0 spiro atoms. The van der Waals surface area contributed by atoms with E-state index in [-0.39, 0.29) is 24.6 Å². The number of amides is 1. The molecule has 0 aliphatic rings. The SMILES string of the molecule is CCCCC(CC)CNC(=O)CCCN(c1ccc(Br)cc1F)S(C)(=O)=O. The molecule has 0 heterocycles. The molecule has 154 valence electrons. The lowest BCUT2D eigenvalue weighted by molar-refractivity contribution is -0.121. The summed E-state index contributed by atoms with van der Waals surface area (Å²) in [6.45, 7) is 4.96. The molecule has 0 radical (unpaired) electrons. The molecular weight excluding hydrogens is 435 g/mol. The van der Waals surface area contributed by atoms with E-state index in [0.717, 1.165) is 36.2 Å². The van der Waals surface area contributed by atoms with E-state index in [9.17, 15) is 17.6 Å². The summed E-state index contributed by atoms with van der Waals surface area (Å²) in [5, 5.41) is 2.93. The van der Waals surface area contributed by atoms with Crippen molar-refractivity contribution in [2.75, 3.05) is 23.7 Å². The molecule has 5 nitrogen and oxygen atoms in total. The van der Waals surface area contributed by atoms with Gasteiger partial charge in [0, 0.05) is 24.0 Å². The zero-order valence-corrected chi connectivity index (χ0v) is 18.7. The first kappa shape index (κ1) is 23.9. The van der Waals surface area contributed by atoms with Crippen molar-refractivity contribution in [3.63, 3.8) is 0 Å². The molecule has 0 saturated carbocycles. The first-order valence-electron chi connectivity index (χ1n) is 9.38. The van der Waals surface area contributed by atoms with Crippen LogP contribution in [0.4, 0.5) is 10.1 Å². The highest BCUT2D eigenvalue weighted by atomic mass is 79.9. The fourth-order valence-electron chi connectivity index (χ4n) is 2.82. The summed E-state index contributed by atoms with van der Waals surface area (Å²) in [6, 6.07) is 4.23. The van der Waals surface area contributed by atoms with Crippen LogP contribution in [0, 0.1) is 11.7 Å². The first-order chi connectivity index (χ1) is 12.7. The number of benzene rings is 1. The number of hydrogen-bond donors (Lipinski definition) is 1. The summed E-state index contributed by atoms with van der Waals surface area (Å²) in [4.78, 5) is 12.1. The minimum Gasteiger partial charge on any atom is -0.356 e. The predicted octanol–water partition coefficient (Wildman–Crippen LogP) is 4.47. The number of carbonyl (C=O) groups is 1. The van der Waals surface area contributed by atoms with Gasteiger partial charge < -0.3 is 5.32 Å². The van der Waals surface area contributed by atoms with Crippen molar-refractivity contribution in [3.8, 4) is 0 Å². The lowest BCUT2D eigenvalue weighted by Gasteiger charge is -2.23. The number of halogens is 2. The van der Waals surface area contributed by atoms with Gasteiger partial charge >= 0.3 is 0 Å². The Morgan fingerprint density at radius 1 is 1.30 bits per heavy atom. The third kappa shape index (κ3) is 8.60. The van der Waals surface area contributed by atoms with Crippen molar-refractivity contribution in [2.24, 2.45) is 5.92 Å². The molecule has 1 atom stereocenters. The smallest absolute Gasteiger partial charge is 0.232 e. The summed E-state index contributed by atoms with van der Waals surface area (Å²) in [7, 11) is -3.64. The second kappa shape index (κ2) is 11.6. The topological polar surface area (TPSA) is 66.5 Å². The van der Waals surface area contributed by atoms with Gasteiger partial charge in [0.25, 0.3) is 0 Å². The standard InChI is InChI=1S/C19H30BrFN2O3S/c1-4-6-8-15(5-2)14-22-19(24)9-7-12-23(27(3,25)26)18-11-10-16(20)13-17(18)21/h10-11,13,15H,4-9,12,14H2,1-3H3,(H,22,24). The van der Waals surface area contributed by atoms with Crippen molar-refractivity contribution in [2.45, 2.75) is 52.4 Å². The van der Waals surface area contributed by atoms with E-state index >= 15 is 0 Å². The Morgan fingerprint density at radius 2 is 2.00 bits per heavy atom. The molecule has 1 N–H and O–H groups in total. The van der Waals surface area contributed by atoms with E-state index in [2.05, 4.69) is 35.1 Å². The molecule has 1 amide bonds. The third-order valence-corrected chi connectivity index (χ3v) is 6.15.